The molecule has 0 aliphatic carbocycles. The van der Waals surface area contributed by atoms with E-state index in [0.717, 1.165) is 22.4 Å². The lowest BCUT2D eigenvalue weighted by Gasteiger charge is -2.07. The highest BCUT2D eigenvalue weighted by Gasteiger charge is 2.21. The van der Waals surface area contributed by atoms with Gasteiger partial charge in [0.15, 0.2) is 0 Å². The van der Waals surface area contributed by atoms with Crippen LogP contribution >= 0.6 is 0 Å². The summed E-state index contributed by atoms with van der Waals surface area (Å²) in [5.41, 5.74) is 4.85. The molecule has 0 saturated carbocycles. The first-order valence-corrected chi connectivity index (χ1v) is 7.96. The van der Waals surface area contributed by atoms with Crippen molar-refractivity contribution in [1.29, 1.82) is 5.26 Å². The number of hydrogen-bond acceptors (Lipinski definition) is 3. The number of benzene rings is 2. The molecule has 0 atom stereocenters. The predicted molar refractivity (Wildman–Crippen MR) is 96.2 cm³/mol. The molecule has 0 fully saturated rings. The highest BCUT2D eigenvalue weighted by molar-refractivity contribution is 5.98. The van der Waals surface area contributed by atoms with Crippen LogP contribution in [0.4, 0.5) is 0 Å². The van der Waals surface area contributed by atoms with Gasteiger partial charge in [0.1, 0.15) is 0 Å². The molecule has 124 valence electrons. The van der Waals surface area contributed by atoms with Crippen LogP contribution in [-0.4, -0.2) is 17.6 Å². The number of esters is 1. The van der Waals surface area contributed by atoms with Gasteiger partial charge >= 0.3 is 5.97 Å². The molecule has 4 heteroatoms. The minimum atomic E-state index is -0.358. The molecule has 25 heavy (non-hydrogen) atoms. The Hall–Kier alpha value is -3.32. The summed E-state index contributed by atoms with van der Waals surface area (Å²) in [5.74, 6) is -0.358. The molecule has 3 aromatic rings. The molecule has 1 aromatic heterocycles. The summed E-state index contributed by atoms with van der Waals surface area (Å²) in [7, 11) is 1.39. The Balaban J connectivity index is 2.08. The maximum Gasteiger partial charge on any atom is 0.340 e. The van der Waals surface area contributed by atoms with Gasteiger partial charge in [-0.1, -0.05) is 42.5 Å². The third-order valence-electron chi connectivity index (χ3n) is 4.26. The lowest BCUT2D eigenvalue weighted by atomic mass is 10.0. The van der Waals surface area contributed by atoms with Crippen LogP contribution in [0.25, 0.3) is 11.1 Å². The minimum Gasteiger partial charge on any atom is -0.465 e. The molecule has 0 aliphatic rings. The molecular formula is C21H18N2O2. The Morgan fingerprint density at radius 3 is 2.40 bits per heavy atom. The van der Waals surface area contributed by atoms with Gasteiger partial charge in [-0.25, -0.2) is 4.79 Å². The van der Waals surface area contributed by atoms with Crippen LogP contribution in [0.5, 0.6) is 0 Å². The molecule has 0 aliphatic heterocycles. The predicted octanol–water partition coefficient (Wildman–Crippen LogP) is 4.17. The van der Waals surface area contributed by atoms with Gasteiger partial charge in [0.25, 0.3) is 0 Å². The highest BCUT2D eigenvalue weighted by atomic mass is 16.5. The third kappa shape index (κ3) is 3.31. The lowest BCUT2D eigenvalue weighted by molar-refractivity contribution is 0.0600. The van der Waals surface area contributed by atoms with E-state index in [1.807, 2.05) is 43.5 Å². The Labute approximate surface area is 146 Å². The standard InChI is InChI=1S/C21H18N2O2/c1-15-20(21(24)25-2)19(18-10-8-16(12-22)9-11-18)14-23(15)13-17-6-4-3-5-7-17/h3-11,14H,13H2,1-2H3. The average molecular weight is 330 g/mol. The number of nitrogens with zero attached hydrogens (tertiary/aromatic N) is 2. The average Bonchev–Trinajstić information content (AvgIpc) is 2.98. The van der Waals surface area contributed by atoms with Crippen molar-refractivity contribution in [1.82, 2.24) is 4.57 Å². The van der Waals surface area contributed by atoms with Gasteiger partial charge in [-0.05, 0) is 30.2 Å². The molecule has 2 aromatic carbocycles. The van der Waals surface area contributed by atoms with Crippen molar-refractivity contribution < 1.29 is 9.53 Å². The topological polar surface area (TPSA) is 55.0 Å². The zero-order valence-electron chi connectivity index (χ0n) is 14.2. The molecule has 0 radical (unpaired) electrons. The molecule has 3 rings (SSSR count). The molecule has 0 N–H and O–H groups in total. The quantitative estimate of drug-likeness (QED) is 0.675. The number of nitriles is 1. The summed E-state index contributed by atoms with van der Waals surface area (Å²) in [4.78, 5) is 12.3. The summed E-state index contributed by atoms with van der Waals surface area (Å²) >= 11 is 0. The number of rotatable bonds is 4. The normalized spacial score (nSPS) is 10.3. The van der Waals surface area contributed by atoms with Gasteiger partial charge in [0.05, 0.1) is 24.3 Å². The maximum atomic E-state index is 12.3. The van der Waals surface area contributed by atoms with Crippen LogP contribution < -0.4 is 0 Å². The molecule has 0 saturated heterocycles. The largest absolute Gasteiger partial charge is 0.465 e. The summed E-state index contributed by atoms with van der Waals surface area (Å²) < 4.78 is 7.03. The van der Waals surface area contributed by atoms with Gasteiger partial charge in [-0.3, -0.25) is 0 Å². The molecule has 1 heterocycles. The highest BCUT2D eigenvalue weighted by Crippen LogP contribution is 2.29. The van der Waals surface area contributed by atoms with Gasteiger partial charge in [-0.2, -0.15) is 5.26 Å². The smallest absolute Gasteiger partial charge is 0.340 e. The van der Waals surface area contributed by atoms with E-state index in [1.54, 1.807) is 12.1 Å². The van der Waals surface area contributed by atoms with Crippen molar-refractivity contribution >= 4 is 5.97 Å². The molecular weight excluding hydrogens is 312 g/mol. The number of methoxy groups -OCH3 is 1. The van der Waals surface area contributed by atoms with Gasteiger partial charge in [0.2, 0.25) is 0 Å². The van der Waals surface area contributed by atoms with Crippen LogP contribution in [0.3, 0.4) is 0 Å². The Morgan fingerprint density at radius 2 is 1.80 bits per heavy atom. The van der Waals surface area contributed by atoms with Gasteiger partial charge in [-0.15, -0.1) is 0 Å². The van der Waals surface area contributed by atoms with Crippen molar-refractivity contribution in [2.75, 3.05) is 7.11 Å². The summed E-state index contributed by atoms with van der Waals surface area (Å²) in [5, 5.41) is 8.96. The van der Waals surface area contributed by atoms with Gasteiger partial charge < -0.3 is 9.30 Å². The fourth-order valence-electron chi connectivity index (χ4n) is 2.90. The number of ether oxygens (including phenoxy) is 1. The second kappa shape index (κ2) is 7.06. The first-order valence-electron chi connectivity index (χ1n) is 7.96. The molecule has 0 spiro atoms. The fraction of sp³-hybridized carbons (Fsp3) is 0.143. The fourth-order valence-corrected chi connectivity index (χ4v) is 2.90. The lowest BCUT2D eigenvalue weighted by Crippen LogP contribution is -2.06. The van der Waals surface area contributed by atoms with E-state index in [2.05, 4.69) is 22.8 Å². The molecule has 4 nitrogen and oxygen atoms in total. The first kappa shape index (κ1) is 16.5. The van der Waals surface area contributed by atoms with E-state index in [9.17, 15) is 4.79 Å². The zero-order valence-corrected chi connectivity index (χ0v) is 14.2. The van der Waals surface area contributed by atoms with E-state index in [1.165, 1.54) is 7.11 Å². The Bertz CT molecular complexity index is 933. The second-order valence-corrected chi connectivity index (χ2v) is 5.80. The van der Waals surface area contributed by atoms with Crippen molar-refractivity contribution in [3.8, 4) is 17.2 Å². The first-order chi connectivity index (χ1) is 12.1. The number of aromatic nitrogens is 1. The van der Waals surface area contributed by atoms with Crippen LogP contribution in [0, 0.1) is 18.3 Å². The van der Waals surface area contributed by atoms with Gasteiger partial charge in [0, 0.05) is 24.0 Å². The van der Waals surface area contributed by atoms with E-state index in [-0.39, 0.29) is 5.97 Å². The summed E-state index contributed by atoms with van der Waals surface area (Å²) in [6.07, 6.45) is 1.97. The summed E-state index contributed by atoms with van der Waals surface area (Å²) in [6, 6.07) is 19.4. The molecule has 0 unspecified atom stereocenters. The zero-order chi connectivity index (χ0) is 17.8. The second-order valence-electron chi connectivity index (χ2n) is 5.80. The molecule has 0 bridgehead atoms. The van der Waals surface area contributed by atoms with E-state index < -0.39 is 0 Å². The maximum absolute atomic E-state index is 12.3. The third-order valence-corrected chi connectivity index (χ3v) is 4.26. The van der Waals surface area contributed by atoms with Crippen LogP contribution in [0.2, 0.25) is 0 Å². The number of carbonyl (C=O) groups is 1. The van der Waals surface area contributed by atoms with E-state index >= 15 is 0 Å². The molecule has 0 amide bonds. The summed E-state index contributed by atoms with van der Waals surface area (Å²) in [6.45, 7) is 2.59. The number of carbonyl (C=O) groups excluding carboxylic acids is 1. The monoisotopic (exact) mass is 330 g/mol. The van der Waals surface area contributed by atoms with Crippen molar-refractivity contribution in [2.24, 2.45) is 0 Å². The van der Waals surface area contributed by atoms with Crippen molar-refractivity contribution in [2.45, 2.75) is 13.5 Å². The van der Waals surface area contributed by atoms with Crippen LogP contribution in [0.1, 0.15) is 27.2 Å². The van der Waals surface area contributed by atoms with E-state index in [0.29, 0.717) is 17.7 Å². The SMILES string of the molecule is COC(=O)c1c(-c2ccc(C#N)cc2)cn(Cc2ccccc2)c1C. The Kier molecular flexibility index (Phi) is 4.67. The van der Waals surface area contributed by atoms with Crippen LogP contribution in [-0.2, 0) is 11.3 Å². The Morgan fingerprint density at radius 1 is 1.12 bits per heavy atom. The van der Waals surface area contributed by atoms with E-state index in [4.69, 9.17) is 10.00 Å². The van der Waals surface area contributed by atoms with Crippen molar-refractivity contribution in [3.63, 3.8) is 0 Å². The van der Waals surface area contributed by atoms with Crippen molar-refractivity contribution in [3.05, 3.63) is 83.2 Å². The minimum absolute atomic E-state index is 0.358. The van der Waals surface area contributed by atoms with Crippen LogP contribution in [0.15, 0.2) is 60.8 Å². The number of hydrogen-bond donors (Lipinski definition) is 0.